The van der Waals surface area contributed by atoms with E-state index in [0.29, 0.717) is 0 Å². The summed E-state index contributed by atoms with van der Waals surface area (Å²) >= 11 is 0. The predicted molar refractivity (Wildman–Crippen MR) is 83.7 cm³/mol. The Kier molecular flexibility index (Phi) is 3.96. The Bertz CT molecular complexity index is 603. The van der Waals surface area contributed by atoms with Gasteiger partial charge in [0.05, 0.1) is 18.3 Å². The standard InChI is InChI=1S/C15H23N5O/c1-2-7-16-12-10-20-9-8-17-14(20)13(18-12)19-15(11-21)5-3-4-6-15/h8-10,16,21H,2-7,11H2,1H3,(H,18,19). The molecule has 6 nitrogen and oxygen atoms in total. The quantitative estimate of drug-likeness (QED) is 0.760. The second kappa shape index (κ2) is 5.89. The molecule has 0 saturated heterocycles. The minimum atomic E-state index is -0.247. The third kappa shape index (κ3) is 2.81. The first-order valence-electron chi connectivity index (χ1n) is 7.73. The van der Waals surface area contributed by atoms with E-state index in [1.54, 1.807) is 6.20 Å². The van der Waals surface area contributed by atoms with E-state index in [9.17, 15) is 5.11 Å². The summed E-state index contributed by atoms with van der Waals surface area (Å²) in [5, 5.41) is 16.6. The Morgan fingerprint density at radius 1 is 1.38 bits per heavy atom. The fraction of sp³-hybridized carbons (Fsp3) is 0.600. The van der Waals surface area contributed by atoms with E-state index in [2.05, 4.69) is 27.5 Å². The zero-order chi connectivity index (χ0) is 14.7. The van der Waals surface area contributed by atoms with Gasteiger partial charge in [0.1, 0.15) is 5.82 Å². The highest BCUT2D eigenvalue weighted by Gasteiger charge is 2.34. The molecule has 114 valence electrons. The van der Waals surface area contributed by atoms with E-state index in [1.807, 2.05) is 16.8 Å². The van der Waals surface area contributed by atoms with Crippen LogP contribution < -0.4 is 10.6 Å². The van der Waals surface area contributed by atoms with E-state index in [-0.39, 0.29) is 12.1 Å². The molecule has 1 aliphatic carbocycles. The van der Waals surface area contributed by atoms with E-state index >= 15 is 0 Å². The van der Waals surface area contributed by atoms with Crippen LogP contribution in [0.25, 0.3) is 5.65 Å². The third-order valence-electron chi connectivity index (χ3n) is 4.18. The van der Waals surface area contributed by atoms with Crippen molar-refractivity contribution in [1.29, 1.82) is 0 Å². The first-order valence-corrected chi connectivity index (χ1v) is 7.73. The molecule has 0 spiro atoms. The normalized spacial score (nSPS) is 17.2. The zero-order valence-electron chi connectivity index (χ0n) is 12.5. The van der Waals surface area contributed by atoms with Gasteiger partial charge >= 0.3 is 0 Å². The average Bonchev–Trinajstić information content (AvgIpc) is 3.14. The molecule has 2 aromatic heterocycles. The van der Waals surface area contributed by atoms with Gasteiger partial charge in [-0.1, -0.05) is 19.8 Å². The summed E-state index contributed by atoms with van der Waals surface area (Å²) in [6, 6.07) is 0. The minimum absolute atomic E-state index is 0.133. The maximum atomic E-state index is 9.78. The van der Waals surface area contributed by atoms with Crippen LogP contribution in [0.15, 0.2) is 18.6 Å². The van der Waals surface area contributed by atoms with Crippen LogP contribution in [-0.4, -0.2) is 38.2 Å². The second-order valence-corrected chi connectivity index (χ2v) is 5.83. The van der Waals surface area contributed by atoms with Gasteiger partial charge in [-0.25, -0.2) is 9.97 Å². The molecular weight excluding hydrogens is 266 g/mol. The molecule has 0 radical (unpaired) electrons. The predicted octanol–water partition coefficient (Wildman–Crippen LogP) is 2.27. The zero-order valence-corrected chi connectivity index (χ0v) is 12.5. The van der Waals surface area contributed by atoms with Crippen molar-refractivity contribution < 1.29 is 5.11 Å². The maximum Gasteiger partial charge on any atom is 0.180 e. The van der Waals surface area contributed by atoms with Gasteiger partial charge in [0.25, 0.3) is 0 Å². The van der Waals surface area contributed by atoms with Crippen molar-refractivity contribution in [3.05, 3.63) is 18.6 Å². The lowest BCUT2D eigenvalue weighted by Gasteiger charge is -2.28. The molecule has 3 rings (SSSR count). The van der Waals surface area contributed by atoms with Gasteiger partial charge in [0, 0.05) is 18.9 Å². The highest BCUT2D eigenvalue weighted by molar-refractivity contribution is 5.66. The molecule has 3 N–H and O–H groups in total. The number of nitrogens with one attached hydrogen (secondary N) is 2. The molecule has 0 unspecified atom stereocenters. The van der Waals surface area contributed by atoms with E-state index in [0.717, 1.165) is 55.9 Å². The molecule has 6 heteroatoms. The minimum Gasteiger partial charge on any atom is -0.394 e. The van der Waals surface area contributed by atoms with E-state index < -0.39 is 0 Å². The van der Waals surface area contributed by atoms with Crippen LogP contribution in [0.1, 0.15) is 39.0 Å². The van der Waals surface area contributed by atoms with Crippen LogP contribution in [0.4, 0.5) is 11.6 Å². The van der Waals surface area contributed by atoms with Crippen molar-refractivity contribution in [3.8, 4) is 0 Å². The number of hydrogen-bond acceptors (Lipinski definition) is 5. The van der Waals surface area contributed by atoms with Crippen LogP contribution in [0.3, 0.4) is 0 Å². The average molecular weight is 289 g/mol. The summed E-state index contributed by atoms with van der Waals surface area (Å²) in [5.74, 6) is 1.58. The van der Waals surface area contributed by atoms with Crippen molar-refractivity contribution in [2.24, 2.45) is 0 Å². The van der Waals surface area contributed by atoms with Gasteiger partial charge in [0.15, 0.2) is 11.5 Å². The number of imidazole rings is 1. The Morgan fingerprint density at radius 3 is 2.90 bits per heavy atom. The van der Waals surface area contributed by atoms with Gasteiger partial charge < -0.3 is 20.1 Å². The van der Waals surface area contributed by atoms with Gasteiger partial charge in [-0.05, 0) is 19.3 Å². The summed E-state index contributed by atoms with van der Waals surface area (Å²) in [5.41, 5.74) is 0.555. The molecule has 0 aliphatic heterocycles. The largest absolute Gasteiger partial charge is 0.394 e. The van der Waals surface area contributed by atoms with Crippen molar-refractivity contribution in [1.82, 2.24) is 14.4 Å². The lowest BCUT2D eigenvalue weighted by Crippen LogP contribution is -2.39. The number of fused-ring (bicyclic) bond motifs is 1. The maximum absolute atomic E-state index is 9.78. The lowest BCUT2D eigenvalue weighted by molar-refractivity contribution is 0.214. The van der Waals surface area contributed by atoms with Gasteiger partial charge in [-0.2, -0.15) is 0 Å². The number of anilines is 2. The first kappa shape index (κ1) is 14.1. The van der Waals surface area contributed by atoms with Crippen LogP contribution in [0.2, 0.25) is 0 Å². The topological polar surface area (TPSA) is 74.5 Å². The van der Waals surface area contributed by atoms with E-state index in [4.69, 9.17) is 0 Å². The van der Waals surface area contributed by atoms with Crippen molar-refractivity contribution in [2.75, 3.05) is 23.8 Å². The van der Waals surface area contributed by atoms with Crippen LogP contribution >= 0.6 is 0 Å². The molecule has 0 amide bonds. The fourth-order valence-electron chi connectivity index (χ4n) is 2.98. The number of aliphatic hydroxyl groups is 1. The van der Waals surface area contributed by atoms with Crippen LogP contribution in [-0.2, 0) is 0 Å². The molecule has 2 aromatic rings. The number of nitrogens with zero attached hydrogens (tertiary/aromatic N) is 3. The highest BCUT2D eigenvalue weighted by atomic mass is 16.3. The van der Waals surface area contributed by atoms with Crippen molar-refractivity contribution in [3.63, 3.8) is 0 Å². The van der Waals surface area contributed by atoms with Crippen LogP contribution in [0.5, 0.6) is 0 Å². The Balaban J connectivity index is 1.93. The SMILES string of the molecule is CCCNc1cn2ccnc2c(NC2(CO)CCCC2)n1. The van der Waals surface area contributed by atoms with Crippen molar-refractivity contribution >= 4 is 17.3 Å². The third-order valence-corrected chi connectivity index (χ3v) is 4.18. The summed E-state index contributed by atoms with van der Waals surface area (Å²) < 4.78 is 1.97. The second-order valence-electron chi connectivity index (χ2n) is 5.83. The smallest absolute Gasteiger partial charge is 0.180 e. The number of rotatable bonds is 6. The number of aromatic nitrogens is 3. The summed E-state index contributed by atoms with van der Waals surface area (Å²) in [7, 11) is 0. The molecule has 0 atom stereocenters. The summed E-state index contributed by atoms with van der Waals surface area (Å²) in [6.07, 6.45) is 10.9. The number of aliphatic hydroxyl groups excluding tert-OH is 1. The van der Waals surface area contributed by atoms with Crippen LogP contribution in [0, 0.1) is 0 Å². The highest BCUT2D eigenvalue weighted by Crippen LogP contribution is 2.33. The van der Waals surface area contributed by atoms with Gasteiger partial charge in [-0.3, -0.25) is 0 Å². The van der Waals surface area contributed by atoms with Gasteiger partial charge in [-0.15, -0.1) is 0 Å². The Hall–Kier alpha value is -1.82. The molecular formula is C15H23N5O. The molecule has 1 saturated carbocycles. The Morgan fingerprint density at radius 2 is 2.19 bits per heavy atom. The monoisotopic (exact) mass is 289 g/mol. The molecule has 21 heavy (non-hydrogen) atoms. The summed E-state index contributed by atoms with van der Waals surface area (Å²) in [4.78, 5) is 9.03. The first-order chi connectivity index (χ1) is 10.3. The van der Waals surface area contributed by atoms with Gasteiger partial charge in [0.2, 0.25) is 0 Å². The Labute approximate surface area is 124 Å². The molecule has 2 heterocycles. The fourth-order valence-corrected chi connectivity index (χ4v) is 2.98. The lowest BCUT2D eigenvalue weighted by atomic mass is 9.99. The molecule has 0 aromatic carbocycles. The van der Waals surface area contributed by atoms with E-state index in [1.165, 1.54) is 0 Å². The molecule has 1 fully saturated rings. The number of hydrogen-bond donors (Lipinski definition) is 3. The molecule has 1 aliphatic rings. The van der Waals surface area contributed by atoms with Crippen molar-refractivity contribution in [2.45, 2.75) is 44.6 Å². The summed E-state index contributed by atoms with van der Waals surface area (Å²) in [6.45, 7) is 3.15. The molecule has 0 bridgehead atoms.